The molecule has 1 aliphatic rings. The van der Waals surface area contributed by atoms with Crippen LogP contribution in [0.2, 0.25) is 0 Å². The number of aromatic nitrogens is 3. The minimum Gasteiger partial charge on any atom is -0.357 e. The summed E-state index contributed by atoms with van der Waals surface area (Å²) < 4.78 is 0. The van der Waals surface area contributed by atoms with Crippen molar-refractivity contribution in [3.8, 4) is 0 Å². The van der Waals surface area contributed by atoms with Crippen LogP contribution in [0.15, 0.2) is 0 Å². The van der Waals surface area contributed by atoms with E-state index in [-0.39, 0.29) is 0 Å². The Morgan fingerprint density at radius 2 is 1.83 bits per heavy atom. The van der Waals surface area contributed by atoms with Crippen molar-refractivity contribution >= 4 is 17.8 Å². The highest BCUT2D eigenvalue weighted by Crippen LogP contribution is 2.30. The predicted octanol–water partition coefficient (Wildman–Crippen LogP) is 1.22. The Bertz CT molecular complexity index is 402. The maximum atomic E-state index is 4.52. The zero-order valence-corrected chi connectivity index (χ0v) is 11.6. The van der Waals surface area contributed by atoms with Crippen molar-refractivity contribution in [2.45, 2.75) is 19.8 Å². The van der Waals surface area contributed by atoms with E-state index in [2.05, 4.69) is 32.1 Å². The third-order valence-electron chi connectivity index (χ3n) is 3.08. The number of rotatable bonds is 6. The minimum atomic E-state index is 0.623. The molecule has 1 fully saturated rings. The second-order valence-electron chi connectivity index (χ2n) is 4.89. The van der Waals surface area contributed by atoms with E-state index >= 15 is 0 Å². The lowest BCUT2D eigenvalue weighted by atomic mass is 10.4. The summed E-state index contributed by atoms with van der Waals surface area (Å²) in [4.78, 5) is 17.4. The number of anilines is 3. The standard InChI is InChI=1S/C12H22N6/c1-5-18(8-9-6-7-9)12-15-10(13-2)14-11(16-12)17(3)4/h9H,5-8H2,1-4H3,(H,13,14,15,16). The molecule has 0 unspecified atom stereocenters. The Hall–Kier alpha value is -1.59. The van der Waals surface area contributed by atoms with Crippen molar-refractivity contribution in [1.82, 2.24) is 15.0 Å². The third kappa shape index (κ3) is 3.00. The Kier molecular flexibility index (Phi) is 3.84. The quantitative estimate of drug-likeness (QED) is 0.819. The topological polar surface area (TPSA) is 57.2 Å². The van der Waals surface area contributed by atoms with E-state index in [0.717, 1.165) is 25.0 Å². The fraction of sp³-hybridized carbons (Fsp3) is 0.750. The van der Waals surface area contributed by atoms with Crippen LogP contribution in [0.3, 0.4) is 0 Å². The lowest BCUT2D eigenvalue weighted by molar-refractivity contribution is 0.715. The van der Waals surface area contributed by atoms with Gasteiger partial charge in [-0.05, 0) is 25.7 Å². The molecule has 1 aromatic rings. The average molecular weight is 250 g/mol. The molecule has 100 valence electrons. The summed E-state index contributed by atoms with van der Waals surface area (Å²) in [5.41, 5.74) is 0. The van der Waals surface area contributed by atoms with Crippen LogP contribution in [-0.2, 0) is 0 Å². The zero-order valence-electron chi connectivity index (χ0n) is 11.6. The second-order valence-corrected chi connectivity index (χ2v) is 4.89. The van der Waals surface area contributed by atoms with Crippen LogP contribution in [-0.4, -0.2) is 49.2 Å². The third-order valence-corrected chi connectivity index (χ3v) is 3.08. The molecule has 1 saturated carbocycles. The van der Waals surface area contributed by atoms with Gasteiger partial charge in [-0.15, -0.1) is 0 Å². The Labute approximate surface area is 108 Å². The van der Waals surface area contributed by atoms with Crippen LogP contribution in [0.5, 0.6) is 0 Å². The first-order valence-electron chi connectivity index (χ1n) is 6.50. The molecular weight excluding hydrogens is 228 g/mol. The van der Waals surface area contributed by atoms with Crippen molar-refractivity contribution in [3.05, 3.63) is 0 Å². The van der Waals surface area contributed by atoms with E-state index in [4.69, 9.17) is 0 Å². The summed E-state index contributed by atoms with van der Waals surface area (Å²) in [7, 11) is 5.71. The van der Waals surface area contributed by atoms with E-state index in [0.29, 0.717) is 11.9 Å². The van der Waals surface area contributed by atoms with Crippen LogP contribution in [0.4, 0.5) is 17.8 Å². The molecule has 6 nitrogen and oxygen atoms in total. The van der Waals surface area contributed by atoms with E-state index in [9.17, 15) is 0 Å². The lowest BCUT2D eigenvalue weighted by Gasteiger charge is -2.22. The van der Waals surface area contributed by atoms with Gasteiger partial charge in [0.15, 0.2) is 0 Å². The molecule has 0 bridgehead atoms. The van der Waals surface area contributed by atoms with Gasteiger partial charge in [-0.2, -0.15) is 15.0 Å². The maximum Gasteiger partial charge on any atom is 0.231 e. The van der Waals surface area contributed by atoms with Gasteiger partial charge in [0, 0.05) is 34.2 Å². The molecule has 0 radical (unpaired) electrons. The molecule has 0 saturated heterocycles. The molecule has 0 aromatic carbocycles. The summed E-state index contributed by atoms with van der Waals surface area (Å²) in [6.07, 6.45) is 2.67. The highest BCUT2D eigenvalue weighted by molar-refractivity contribution is 5.44. The second kappa shape index (κ2) is 5.37. The normalized spacial score (nSPS) is 14.4. The molecule has 18 heavy (non-hydrogen) atoms. The highest BCUT2D eigenvalue weighted by atomic mass is 15.3. The van der Waals surface area contributed by atoms with Gasteiger partial charge in [0.25, 0.3) is 0 Å². The van der Waals surface area contributed by atoms with Crippen LogP contribution < -0.4 is 15.1 Å². The van der Waals surface area contributed by atoms with Crippen molar-refractivity contribution in [3.63, 3.8) is 0 Å². The largest absolute Gasteiger partial charge is 0.357 e. The van der Waals surface area contributed by atoms with Crippen LogP contribution >= 0.6 is 0 Å². The molecule has 2 rings (SSSR count). The molecule has 1 aromatic heterocycles. The van der Waals surface area contributed by atoms with E-state index < -0.39 is 0 Å². The Balaban J connectivity index is 2.25. The molecule has 0 spiro atoms. The summed E-state index contributed by atoms with van der Waals surface area (Å²) in [6.45, 7) is 4.12. The number of nitrogens with zero attached hydrogens (tertiary/aromatic N) is 5. The first-order chi connectivity index (χ1) is 8.63. The van der Waals surface area contributed by atoms with Crippen molar-refractivity contribution in [2.24, 2.45) is 5.92 Å². The van der Waals surface area contributed by atoms with E-state index in [1.807, 2.05) is 26.0 Å². The van der Waals surface area contributed by atoms with Crippen LogP contribution in [0, 0.1) is 5.92 Å². The van der Waals surface area contributed by atoms with E-state index in [1.54, 1.807) is 0 Å². The summed E-state index contributed by atoms with van der Waals surface area (Å²) in [5, 5.41) is 2.99. The Morgan fingerprint density at radius 1 is 1.17 bits per heavy atom. The summed E-state index contributed by atoms with van der Waals surface area (Å²) in [6, 6.07) is 0. The molecule has 0 amide bonds. The molecule has 1 aliphatic carbocycles. The maximum absolute atomic E-state index is 4.52. The number of nitrogens with one attached hydrogen (secondary N) is 1. The van der Waals surface area contributed by atoms with E-state index in [1.165, 1.54) is 12.8 Å². The number of hydrogen-bond acceptors (Lipinski definition) is 6. The van der Waals surface area contributed by atoms with Crippen LogP contribution in [0.1, 0.15) is 19.8 Å². The smallest absolute Gasteiger partial charge is 0.231 e. The van der Waals surface area contributed by atoms with Gasteiger partial charge in [-0.1, -0.05) is 0 Å². The molecule has 0 aliphatic heterocycles. The molecule has 1 N–H and O–H groups in total. The fourth-order valence-electron chi connectivity index (χ4n) is 1.77. The van der Waals surface area contributed by atoms with Gasteiger partial charge in [-0.3, -0.25) is 0 Å². The van der Waals surface area contributed by atoms with Gasteiger partial charge in [0.2, 0.25) is 17.8 Å². The first kappa shape index (κ1) is 12.9. The molecule has 1 heterocycles. The van der Waals surface area contributed by atoms with Gasteiger partial charge >= 0.3 is 0 Å². The van der Waals surface area contributed by atoms with Gasteiger partial charge in [0.05, 0.1) is 0 Å². The zero-order chi connectivity index (χ0) is 13.1. The minimum absolute atomic E-state index is 0.623. The van der Waals surface area contributed by atoms with Crippen molar-refractivity contribution in [1.29, 1.82) is 0 Å². The first-order valence-corrected chi connectivity index (χ1v) is 6.50. The van der Waals surface area contributed by atoms with Gasteiger partial charge in [-0.25, -0.2) is 0 Å². The van der Waals surface area contributed by atoms with Crippen molar-refractivity contribution in [2.75, 3.05) is 49.3 Å². The average Bonchev–Trinajstić information content (AvgIpc) is 3.19. The Morgan fingerprint density at radius 3 is 2.33 bits per heavy atom. The molecule has 6 heteroatoms. The fourth-order valence-corrected chi connectivity index (χ4v) is 1.77. The summed E-state index contributed by atoms with van der Waals surface area (Å²) in [5.74, 6) is 2.91. The highest BCUT2D eigenvalue weighted by Gasteiger charge is 2.25. The summed E-state index contributed by atoms with van der Waals surface area (Å²) >= 11 is 0. The van der Waals surface area contributed by atoms with Gasteiger partial charge < -0.3 is 15.1 Å². The van der Waals surface area contributed by atoms with Crippen LogP contribution in [0.25, 0.3) is 0 Å². The molecule has 0 atom stereocenters. The predicted molar refractivity (Wildman–Crippen MR) is 74.3 cm³/mol. The SMILES string of the molecule is CCN(CC1CC1)c1nc(NC)nc(N(C)C)n1. The van der Waals surface area contributed by atoms with Crippen molar-refractivity contribution < 1.29 is 0 Å². The van der Waals surface area contributed by atoms with Gasteiger partial charge in [0.1, 0.15) is 0 Å². The number of hydrogen-bond donors (Lipinski definition) is 1. The molecular formula is C12H22N6. The lowest BCUT2D eigenvalue weighted by Crippen LogP contribution is -2.28. The monoisotopic (exact) mass is 250 g/mol.